The molecule has 8 nitrogen and oxygen atoms in total. The van der Waals surface area contributed by atoms with Crippen LogP contribution in [-0.4, -0.2) is 87.6 Å². The van der Waals surface area contributed by atoms with Crippen molar-refractivity contribution in [3.63, 3.8) is 0 Å². The second-order valence-corrected chi connectivity index (χ2v) is 12.5. The number of unbranched alkanes of at least 4 members (excludes halogenated alkanes) is 4. The summed E-state index contributed by atoms with van der Waals surface area (Å²) < 4.78 is 12.3. The molecule has 3 aliphatic rings. The van der Waals surface area contributed by atoms with E-state index in [4.69, 9.17) is 9.47 Å². The summed E-state index contributed by atoms with van der Waals surface area (Å²) in [5, 5.41) is 10.5. The fraction of sp³-hybridized carbons (Fsp3) is 0.767. The average molecular weight is 612 g/mol. The normalized spacial score (nSPS) is 30.6. The maximum atomic E-state index is 14.4. The Morgan fingerprint density at radius 3 is 2.62 bits per heavy atom. The average Bonchev–Trinajstić information content (AvgIpc) is 3.51. The minimum Gasteiger partial charge on any atom is -0.465 e. The van der Waals surface area contributed by atoms with Crippen molar-refractivity contribution in [2.24, 2.45) is 17.8 Å². The molecule has 0 aromatic heterocycles. The summed E-state index contributed by atoms with van der Waals surface area (Å²) in [6, 6.07) is -1.50. The third-order valence-corrected chi connectivity index (χ3v) is 9.66. The molecule has 39 heavy (non-hydrogen) atoms. The van der Waals surface area contributed by atoms with E-state index in [0.717, 1.165) is 38.5 Å². The summed E-state index contributed by atoms with van der Waals surface area (Å²) in [4.78, 5) is 45.3. The van der Waals surface area contributed by atoms with E-state index in [1.165, 1.54) is 0 Å². The standard InChI is InChI=1S/C30H47BrN2O6/c1-6-10-12-14-17-38-29(37)23-24-27(35)33(22(19-34)20(5)9-4)26(30(24)18-21(31)25(23)39-30)28(36)32(15-8-3)16-13-11-7-2/h6,8,20-26,34H,1,3,7,9-19H2,2,4-5H3/t20-,21?,22-,23-,24-,25-,26?,30?/m0/s1. The molecule has 3 aliphatic heterocycles. The number of aliphatic hydroxyl groups is 1. The molecular weight excluding hydrogens is 564 g/mol. The van der Waals surface area contributed by atoms with Gasteiger partial charge < -0.3 is 24.4 Å². The number of carbonyl (C=O) groups is 3. The van der Waals surface area contributed by atoms with E-state index in [2.05, 4.69) is 36.0 Å². The molecule has 0 radical (unpaired) electrons. The van der Waals surface area contributed by atoms with Crippen molar-refractivity contribution >= 4 is 33.7 Å². The van der Waals surface area contributed by atoms with Crippen molar-refractivity contribution in [1.29, 1.82) is 0 Å². The molecule has 2 amide bonds. The van der Waals surface area contributed by atoms with Crippen LogP contribution in [0.4, 0.5) is 0 Å². The lowest BCUT2D eigenvalue weighted by Gasteiger charge is -2.41. The number of hydrogen-bond donors (Lipinski definition) is 1. The van der Waals surface area contributed by atoms with Crippen LogP contribution in [-0.2, 0) is 23.9 Å². The van der Waals surface area contributed by atoms with Crippen LogP contribution in [0.15, 0.2) is 25.3 Å². The van der Waals surface area contributed by atoms with Gasteiger partial charge in [-0.05, 0) is 38.0 Å². The van der Waals surface area contributed by atoms with E-state index in [-0.39, 0.29) is 35.8 Å². The lowest BCUT2D eigenvalue weighted by molar-refractivity contribution is -0.157. The zero-order chi connectivity index (χ0) is 28.7. The highest BCUT2D eigenvalue weighted by molar-refractivity contribution is 9.09. The number of allylic oxidation sites excluding steroid dienone is 1. The summed E-state index contributed by atoms with van der Waals surface area (Å²) in [6.45, 7) is 14.5. The molecule has 0 aliphatic carbocycles. The first-order chi connectivity index (χ1) is 18.7. The molecule has 3 saturated heterocycles. The van der Waals surface area contributed by atoms with Crippen LogP contribution in [0.25, 0.3) is 0 Å². The van der Waals surface area contributed by atoms with E-state index in [9.17, 15) is 19.5 Å². The number of rotatable bonds is 17. The van der Waals surface area contributed by atoms with Crippen molar-refractivity contribution in [3.05, 3.63) is 25.3 Å². The molecule has 1 spiro atoms. The Bertz CT molecular complexity index is 899. The molecule has 0 saturated carbocycles. The predicted molar refractivity (Wildman–Crippen MR) is 154 cm³/mol. The third-order valence-electron chi connectivity index (χ3n) is 8.82. The van der Waals surface area contributed by atoms with Crippen LogP contribution in [0.3, 0.4) is 0 Å². The summed E-state index contributed by atoms with van der Waals surface area (Å²) >= 11 is 3.71. The Balaban J connectivity index is 2.00. The number of esters is 1. The fourth-order valence-electron chi connectivity index (χ4n) is 6.62. The highest BCUT2D eigenvalue weighted by Crippen LogP contribution is 2.61. The molecule has 8 atom stereocenters. The Labute approximate surface area is 242 Å². The molecule has 3 unspecified atom stereocenters. The van der Waals surface area contributed by atoms with Gasteiger partial charge in [-0.15, -0.1) is 13.2 Å². The maximum absolute atomic E-state index is 14.4. The molecule has 3 fully saturated rings. The Morgan fingerprint density at radius 2 is 2.00 bits per heavy atom. The van der Waals surface area contributed by atoms with Gasteiger partial charge in [0.05, 0.1) is 37.2 Å². The van der Waals surface area contributed by atoms with Crippen molar-refractivity contribution in [3.8, 4) is 0 Å². The van der Waals surface area contributed by atoms with E-state index in [0.29, 0.717) is 25.9 Å². The van der Waals surface area contributed by atoms with Gasteiger partial charge in [0, 0.05) is 17.9 Å². The third kappa shape index (κ3) is 6.15. The lowest BCUT2D eigenvalue weighted by atomic mass is 9.70. The van der Waals surface area contributed by atoms with Crippen LogP contribution < -0.4 is 0 Å². The molecule has 3 rings (SSSR count). The number of hydrogen-bond acceptors (Lipinski definition) is 6. The van der Waals surface area contributed by atoms with Gasteiger partial charge in [-0.1, -0.05) is 68.1 Å². The van der Waals surface area contributed by atoms with Crippen molar-refractivity contribution < 1.29 is 29.0 Å². The van der Waals surface area contributed by atoms with Gasteiger partial charge in [-0.2, -0.15) is 0 Å². The molecule has 3 heterocycles. The number of halogens is 1. The van der Waals surface area contributed by atoms with E-state index >= 15 is 0 Å². The number of ether oxygens (including phenoxy) is 2. The van der Waals surface area contributed by atoms with Crippen molar-refractivity contribution in [2.75, 3.05) is 26.3 Å². The van der Waals surface area contributed by atoms with Crippen molar-refractivity contribution in [1.82, 2.24) is 9.80 Å². The highest BCUT2D eigenvalue weighted by Gasteiger charge is 2.77. The number of amides is 2. The van der Waals surface area contributed by atoms with Crippen LogP contribution in [0.1, 0.15) is 72.1 Å². The van der Waals surface area contributed by atoms with E-state index in [1.807, 2.05) is 19.9 Å². The largest absolute Gasteiger partial charge is 0.465 e. The molecule has 220 valence electrons. The summed E-state index contributed by atoms with van der Waals surface area (Å²) in [5.41, 5.74) is -1.16. The fourth-order valence-corrected chi connectivity index (χ4v) is 7.56. The maximum Gasteiger partial charge on any atom is 0.312 e. The Morgan fingerprint density at radius 1 is 1.26 bits per heavy atom. The first-order valence-electron chi connectivity index (χ1n) is 14.7. The second kappa shape index (κ2) is 14.3. The summed E-state index contributed by atoms with van der Waals surface area (Å²) in [6.07, 6.45) is 9.39. The SMILES string of the molecule is C=CCCCCOC(=O)[C@H]1[C@H]2C(=O)N([C@@H](CO)[C@@H](C)CC)C(C(=O)N(CC=C)CCCCC)C23CC(Br)[C@@H]1O3. The highest BCUT2D eigenvalue weighted by atomic mass is 79.9. The predicted octanol–water partition coefficient (Wildman–Crippen LogP) is 4.25. The minimum absolute atomic E-state index is 0.0512. The molecular formula is C30H47BrN2O6. The van der Waals surface area contributed by atoms with Gasteiger partial charge in [0.25, 0.3) is 0 Å². The van der Waals surface area contributed by atoms with Crippen molar-refractivity contribution in [2.45, 2.75) is 101 Å². The van der Waals surface area contributed by atoms with Gasteiger partial charge in [0.2, 0.25) is 11.8 Å². The summed E-state index contributed by atoms with van der Waals surface area (Å²) in [5.74, 6) is -2.64. The van der Waals surface area contributed by atoms with Gasteiger partial charge in [-0.3, -0.25) is 14.4 Å². The van der Waals surface area contributed by atoms with Gasteiger partial charge in [0.1, 0.15) is 11.6 Å². The summed E-state index contributed by atoms with van der Waals surface area (Å²) in [7, 11) is 0. The molecule has 1 N–H and O–H groups in total. The monoisotopic (exact) mass is 610 g/mol. The van der Waals surface area contributed by atoms with Gasteiger partial charge in [-0.25, -0.2) is 0 Å². The number of alkyl halides is 1. The zero-order valence-electron chi connectivity index (χ0n) is 23.9. The van der Waals surface area contributed by atoms with Gasteiger partial charge in [0.15, 0.2) is 0 Å². The van der Waals surface area contributed by atoms with E-state index in [1.54, 1.807) is 15.9 Å². The first-order valence-corrected chi connectivity index (χ1v) is 15.6. The number of likely N-dealkylation sites (tertiary alicyclic amines) is 1. The number of aliphatic hydroxyl groups excluding tert-OH is 1. The molecule has 0 aromatic rings. The molecule has 2 bridgehead atoms. The van der Waals surface area contributed by atoms with Crippen LogP contribution in [0.5, 0.6) is 0 Å². The topological polar surface area (TPSA) is 96.4 Å². The van der Waals surface area contributed by atoms with Crippen LogP contribution >= 0.6 is 15.9 Å². The number of fused-ring (bicyclic) bond motifs is 1. The van der Waals surface area contributed by atoms with Crippen LogP contribution in [0.2, 0.25) is 0 Å². The van der Waals surface area contributed by atoms with Crippen LogP contribution in [0, 0.1) is 17.8 Å². The Kier molecular flexibility index (Phi) is 11.6. The number of carbonyl (C=O) groups excluding carboxylic acids is 3. The molecule has 9 heteroatoms. The zero-order valence-corrected chi connectivity index (χ0v) is 25.4. The second-order valence-electron chi connectivity index (χ2n) is 11.3. The molecule has 0 aromatic carbocycles. The lowest BCUT2D eigenvalue weighted by Crippen LogP contribution is -2.60. The van der Waals surface area contributed by atoms with E-state index < -0.39 is 41.6 Å². The first kappa shape index (κ1) is 31.8. The quantitative estimate of drug-likeness (QED) is 0.114. The van der Waals surface area contributed by atoms with Gasteiger partial charge >= 0.3 is 5.97 Å². The minimum atomic E-state index is -1.16. The Hall–Kier alpha value is -1.71. The number of nitrogens with zero attached hydrogens (tertiary/aromatic N) is 2. The smallest absolute Gasteiger partial charge is 0.312 e.